The van der Waals surface area contributed by atoms with Gasteiger partial charge in [-0.3, -0.25) is 14.3 Å². The standard InChI is InChI=1S/C30H33N5O5S2/c1-19(32-15-14-20-8-11-23(12-9-20)33-27(36)17-24-18-41-30(31)34-24)28(37)22-10-13-25(26(16-22)35-42(2,39)40)29(38)21-6-4-3-5-7-21/h3-13,16,18-19,28,32,35,37H,14-15,17H2,1-2H3,(H2,31,34)(H,33,36). The summed E-state index contributed by atoms with van der Waals surface area (Å²) in [5, 5.41) is 19.3. The van der Waals surface area contributed by atoms with Gasteiger partial charge in [0, 0.05) is 28.2 Å². The molecule has 0 aliphatic heterocycles. The molecule has 3 aromatic carbocycles. The van der Waals surface area contributed by atoms with Crippen LogP contribution in [0.4, 0.5) is 16.5 Å². The normalized spacial score (nSPS) is 12.8. The van der Waals surface area contributed by atoms with E-state index in [1.807, 2.05) is 31.2 Å². The number of sulfonamides is 1. The quantitative estimate of drug-likeness (QED) is 0.143. The van der Waals surface area contributed by atoms with Gasteiger partial charge < -0.3 is 21.5 Å². The number of carbonyl (C=O) groups excluding carboxylic acids is 2. The molecule has 0 bridgehead atoms. The number of aliphatic hydroxyl groups is 1. The van der Waals surface area contributed by atoms with E-state index in [2.05, 4.69) is 20.3 Å². The molecule has 1 aromatic heterocycles. The van der Waals surface area contributed by atoms with E-state index in [9.17, 15) is 23.1 Å². The summed E-state index contributed by atoms with van der Waals surface area (Å²) in [5.41, 5.74) is 9.15. The molecule has 0 radical (unpaired) electrons. The first-order valence-electron chi connectivity index (χ1n) is 13.2. The Balaban J connectivity index is 1.34. The molecule has 0 aliphatic carbocycles. The van der Waals surface area contributed by atoms with E-state index in [0.29, 0.717) is 40.6 Å². The van der Waals surface area contributed by atoms with Gasteiger partial charge in [-0.15, -0.1) is 11.3 Å². The highest BCUT2D eigenvalue weighted by atomic mass is 32.2. The SMILES string of the molecule is CC(NCCc1ccc(NC(=O)Cc2csc(N)n2)cc1)C(O)c1ccc(C(=O)c2ccccc2)c(NS(C)(=O)=O)c1. The van der Waals surface area contributed by atoms with Crippen LogP contribution in [0.15, 0.2) is 78.2 Å². The summed E-state index contributed by atoms with van der Waals surface area (Å²) in [6, 6.07) is 20.4. The van der Waals surface area contributed by atoms with Crippen LogP contribution in [0.2, 0.25) is 0 Å². The minimum atomic E-state index is -3.68. The number of ketones is 1. The van der Waals surface area contributed by atoms with Gasteiger partial charge in [0.15, 0.2) is 10.9 Å². The Hall–Kier alpha value is -4.10. The minimum Gasteiger partial charge on any atom is -0.387 e. The average Bonchev–Trinajstić information content (AvgIpc) is 3.36. The van der Waals surface area contributed by atoms with Crippen molar-refractivity contribution in [3.8, 4) is 0 Å². The van der Waals surface area contributed by atoms with Crippen molar-refractivity contribution in [3.63, 3.8) is 0 Å². The van der Waals surface area contributed by atoms with E-state index in [1.54, 1.807) is 41.8 Å². The number of nitrogens with two attached hydrogens (primary N) is 1. The Kier molecular flexibility index (Phi) is 10.1. The summed E-state index contributed by atoms with van der Waals surface area (Å²) in [4.78, 5) is 29.4. The molecule has 6 N–H and O–H groups in total. The van der Waals surface area contributed by atoms with Gasteiger partial charge in [-0.25, -0.2) is 13.4 Å². The summed E-state index contributed by atoms with van der Waals surface area (Å²) in [7, 11) is -3.68. The van der Waals surface area contributed by atoms with Gasteiger partial charge in [0.2, 0.25) is 15.9 Å². The van der Waals surface area contributed by atoms with Crippen LogP contribution < -0.4 is 21.1 Å². The second-order valence-corrected chi connectivity index (χ2v) is 12.5. The third-order valence-electron chi connectivity index (χ3n) is 6.46. The zero-order valence-electron chi connectivity index (χ0n) is 23.2. The lowest BCUT2D eigenvalue weighted by atomic mass is 9.96. The number of amides is 1. The van der Waals surface area contributed by atoms with Crippen LogP contribution in [0.1, 0.15) is 45.8 Å². The molecule has 10 nitrogen and oxygen atoms in total. The zero-order chi connectivity index (χ0) is 30.3. The highest BCUT2D eigenvalue weighted by Gasteiger charge is 2.21. The Bertz CT molecular complexity index is 1640. The number of aromatic nitrogens is 1. The van der Waals surface area contributed by atoms with Crippen LogP contribution in [0.5, 0.6) is 0 Å². The number of nitrogen functional groups attached to an aromatic ring is 1. The summed E-state index contributed by atoms with van der Waals surface area (Å²) < 4.78 is 26.5. The molecular weight excluding hydrogens is 574 g/mol. The Morgan fingerprint density at radius 1 is 1.05 bits per heavy atom. The fourth-order valence-corrected chi connectivity index (χ4v) is 5.48. The molecule has 4 rings (SSSR count). The molecule has 12 heteroatoms. The van der Waals surface area contributed by atoms with E-state index in [0.717, 1.165) is 11.8 Å². The van der Waals surface area contributed by atoms with Gasteiger partial charge in [0.05, 0.1) is 30.2 Å². The van der Waals surface area contributed by atoms with Crippen LogP contribution in [0.3, 0.4) is 0 Å². The molecule has 220 valence electrons. The van der Waals surface area contributed by atoms with Crippen molar-refractivity contribution in [2.24, 2.45) is 0 Å². The number of nitrogens with zero attached hydrogens (tertiary/aromatic N) is 1. The van der Waals surface area contributed by atoms with Crippen molar-refractivity contribution in [1.82, 2.24) is 10.3 Å². The smallest absolute Gasteiger partial charge is 0.230 e. The Morgan fingerprint density at radius 2 is 1.76 bits per heavy atom. The number of hydrogen-bond donors (Lipinski definition) is 5. The number of benzene rings is 3. The third-order valence-corrected chi connectivity index (χ3v) is 7.78. The number of hydrogen-bond acceptors (Lipinski definition) is 9. The highest BCUT2D eigenvalue weighted by Crippen LogP contribution is 2.27. The molecule has 0 spiro atoms. The second kappa shape index (κ2) is 13.7. The van der Waals surface area contributed by atoms with Crippen LogP contribution in [-0.4, -0.2) is 49.0 Å². The monoisotopic (exact) mass is 607 g/mol. The van der Waals surface area contributed by atoms with Crippen molar-refractivity contribution in [2.45, 2.75) is 31.9 Å². The predicted octanol–water partition coefficient (Wildman–Crippen LogP) is 3.76. The zero-order valence-corrected chi connectivity index (χ0v) is 24.8. The number of carbonyl (C=O) groups is 2. The summed E-state index contributed by atoms with van der Waals surface area (Å²) in [6.07, 6.45) is 0.875. The van der Waals surface area contributed by atoms with Crippen molar-refractivity contribution >= 4 is 49.6 Å². The van der Waals surface area contributed by atoms with E-state index in [-0.39, 0.29) is 35.4 Å². The van der Waals surface area contributed by atoms with Gasteiger partial charge >= 0.3 is 0 Å². The molecule has 0 aliphatic rings. The summed E-state index contributed by atoms with van der Waals surface area (Å²) in [6.45, 7) is 2.39. The van der Waals surface area contributed by atoms with Gasteiger partial charge in [-0.2, -0.15) is 0 Å². The van der Waals surface area contributed by atoms with Crippen molar-refractivity contribution < 1.29 is 23.1 Å². The molecule has 0 saturated carbocycles. The first kappa shape index (κ1) is 30.8. The third kappa shape index (κ3) is 8.70. The number of anilines is 3. The van der Waals surface area contributed by atoms with Crippen LogP contribution in [-0.2, 0) is 27.7 Å². The predicted molar refractivity (Wildman–Crippen MR) is 166 cm³/mol. The fraction of sp³-hybridized carbons (Fsp3) is 0.233. The number of rotatable bonds is 13. The molecule has 2 unspecified atom stereocenters. The summed E-state index contributed by atoms with van der Waals surface area (Å²) >= 11 is 1.30. The molecule has 1 heterocycles. The van der Waals surface area contributed by atoms with E-state index in [4.69, 9.17) is 5.73 Å². The maximum absolute atomic E-state index is 13.1. The highest BCUT2D eigenvalue weighted by molar-refractivity contribution is 7.92. The van der Waals surface area contributed by atoms with Gasteiger partial charge in [-0.1, -0.05) is 48.5 Å². The number of nitrogens with one attached hydrogen (secondary N) is 3. The summed E-state index contributed by atoms with van der Waals surface area (Å²) in [5.74, 6) is -0.505. The maximum Gasteiger partial charge on any atom is 0.230 e. The second-order valence-electron chi connectivity index (χ2n) is 9.91. The lowest BCUT2D eigenvalue weighted by Gasteiger charge is -2.22. The topological polar surface area (TPSA) is 164 Å². The average molecular weight is 608 g/mol. The molecular formula is C30H33N5O5S2. The fourth-order valence-electron chi connectivity index (χ4n) is 4.35. The number of thiazole rings is 1. The van der Waals surface area contributed by atoms with Crippen molar-refractivity contribution in [3.05, 3.63) is 106 Å². The maximum atomic E-state index is 13.1. The van der Waals surface area contributed by atoms with Crippen LogP contribution in [0, 0.1) is 0 Å². The Morgan fingerprint density at radius 3 is 2.40 bits per heavy atom. The molecule has 1 amide bonds. The first-order valence-corrected chi connectivity index (χ1v) is 16.0. The van der Waals surface area contributed by atoms with Crippen LogP contribution >= 0.6 is 11.3 Å². The van der Waals surface area contributed by atoms with Gasteiger partial charge in [0.1, 0.15) is 0 Å². The lowest BCUT2D eigenvalue weighted by molar-refractivity contribution is -0.115. The Labute approximate surface area is 249 Å². The van der Waals surface area contributed by atoms with E-state index < -0.39 is 16.1 Å². The van der Waals surface area contributed by atoms with Crippen molar-refractivity contribution in [1.29, 1.82) is 0 Å². The molecule has 42 heavy (non-hydrogen) atoms. The lowest BCUT2D eigenvalue weighted by Crippen LogP contribution is -2.33. The van der Waals surface area contributed by atoms with Crippen molar-refractivity contribution in [2.75, 3.05) is 28.6 Å². The van der Waals surface area contributed by atoms with Gasteiger partial charge in [-0.05, 0) is 55.3 Å². The molecule has 2 atom stereocenters. The molecule has 0 saturated heterocycles. The van der Waals surface area contributed by atoms with Crippen LogP contribution in [0.25, 0.3) is 0 Å². The minimum absolute atomic E-state index is 0.109. The largest absolute Gasteiger partial charge is 0.387 e. The first-order chi connectivity index (χ1) is 20.0. The number of aliphatic hydroxyl groups excluding tert-OH is 1. The molecule has 0 fully saturated rings. The van der Waals surface area contributed by atoms with Gasteiger partial charge in [0.25, 0.3) is 0 Å². The molecule has 4 aromatic rings. The van der Waals surface area contributed by atoms with E-state index >= 15 is 0 Å². The van der Waals surface area contributed by atoms with E-state index in [1.165, 1.54) is 23.5 Å².